The molecule has 1 aliphatic rings. The molecule has 2 amide bonds. The summed E-state index contributed by atoms with van der Waals surface area (Å²) in [5.41, 5.74) is 2.21. The van der Waals surface area contributed by atoms with E-state index >= 15 is 0 Å². The number of rotatable bonds is 4. The molecular weight excluding hydrogens is 276 g/mol. The molecule has 0 aliphatic carbocycles. The third-order valence-electron chi connectivity index (χ3n) is 4.01. The van der Waals surface area contributed by atoms with Crippen molar-refractivity contribution in [2.45, 2.75) is 18.8 Å². The highest BCUT2D eigenvalue weighted by atomic mass is 16.2. The van der Waals surface area contributed by atoms with Gasteiger partial charge in [-0.1, -0.05) is 30.3 Å². The fourth-order valence-electron chi connectivity index (χ4n) is 2.78. The molecule has 0 saturated carbocycles. The average Bonchev–Trinajstić information content (AvgIpc) is 3.07. The Hall–Kier alpha value is -2.43. The first-order valence-electron chi connectivity index (χ1n) is 7.65. The van der Waals surface area contributed by atoms with E-state index in [0.717, 1.165) is 31.6 Å². The van der Waals surface area contributed by atoms with Crippen LogP contribution in [0.2, 0.25) is 0 Å². The van der Waals surface area contributed by atoms with Crippen molar-refractivity contribution >= 4 is 6.03 Å². The van der Waals surface area contributed by atoms with Gasteiger partial charge in [-0.3, -0.25) is 9.97 Å². The zero-order valence-corrected chi connectivity index (χ0v) is 12.5. The minimum absolute atomic E-state index is 0.0160. The second-order valence-corrected chi connectivity index (χ2v) is 5.53. The SMILES string of the molecule is O=C(NCCc1ccccc1)N1CCC(c2cnccn2)C1. The molecule has 1 fully saturated rings. The first-order chi connectivity index (χ1) is 10.8. The molecule has 1 aromatic heterocycles. The van der Waals surface area contributed by atoms with Crippen LogP contribution in [-0.2, 0) is 6.42 Å². The molecule has 1 aliphatic heterocycles. The van der Waals surface area contributed by atoms with Crippen molar-refractivity contribution in [1.82, 2.24) is 20.2 Å². The van der Waals surface area contributed by atoms with Crippen LogP contribution < -0.4 is 5.32 Å². The van der Waals surface area contributed by atoms with E-state index in [4.69, 9.17) is 0 Å². The maximum atomic E-state index is 12.2. The number of likely N-dealkylation sites (tertiary alicyclic amines) is 1. The van der Waals surface area contributed by atoms with Gasteiger partial charge in [-0.05, 0) is 18.4 Å². The Morgan fingerprint density at radius 3 is 2.91 bits per heavy atom. The number of aromatic nitrogens is 2. The number of hydrogen-bond acceptors (Lipinski definition) is 3. The van der Waals surface area contributed by atoms with Gasteiger partial charge in [0.1, 0.15) is 0 Å². The van der Waals surface area contributed by atoms with Crippen LogP contribution in [0.3, 0.4) is 0 Å². The number of carbonyl (C=O) groups excluding carboxylic acids is 1. The van der Waals surface area contributed by atoms with Gasteiger partial charge in [0, 0.05) is 44.1 Å². The van der Waals surface area contributed by atoms with Crippen molar-refractivity contribution in [1.29, 1.82) is 0 Å². The lowest BCUT2D eigenvalue weighted by atomic mass is 10.1. The zero-order chi connectivity index (χ0) is 15.2. The summed E-state index contributed by atoms with van der Waals surface area (Å²) in [7, 11) is 0. The third-order valence-corrected chi connectivity index (χ3v) is 4.01. The van der Waals surface area contributed by atoms with Crippen molar-refractivity contribution in [3.8, 4) is 0 Å². The summed E-state index contributed by atoms with van der Waals surface area (Å²) in [5.74, 6) is 0.300. The first kappa shape index (κ1) is 14.5. The Morgan fingerprint density at radius 2 is 2.14 bits per heavy atom. The van der Waals surface area contributed by atoms with E-state index in [9.17, 15) is 4.79 Å². The topological polar surface area (TPSA) is 58.1 Å². The van der Waals surface area contributed by atoms with Crippen molar-refractivity contribution < 1.29 is 4.79 Å². The minimum atomic E-state index is 0.0160. The molecule has 0 radical (unpaired) electrons. The third kappa shape index (κ3) is 3.61. The second kappa shape index (κ2) is 7.02. The van der Waals surface area contributed by atoms with Gasteiger partial charge in [0.15, 0.2) is 0 Å². The minimum Gasteiger partial charge on any atom is -0.338 e. The Labute approximate surface area is 130 Å². The van der Waals surface area contributed by atoms with Crippen LogP contribution in [0.15, 0.2) is 48.9 Å². The second-order valence-electron chi connectivity index (χ2n) is 5.53. The summed E-state index contributed by atoms with van der Waals surface area (Å²) in [6.07, 6.45) is 6.98. The molecule has 1 saturated heterocycles. The van der Waals surface area contributed by atoms with Gasteiger partial charge in [0.05, 0.1) is 5.69 Å². The largest absolute Gasteiger partial charge is 0.338 e. The van der Waals surface area contributed by atoms with Crippen LogP contribution >= 0.6 is 0 Å². The van der Waals surface area contributed by atoms with E-state index < -0.39 is 0 Å². The summed E-state index contributed by atoms with van der Waals surface area (Å²) in [6.45, 7) is 2.16. The Kier molecular flexibility index (Phi) is 4.63. The van der Waals surface area contributed by atoms with Crippen LogP contribution in [0.4, 0.5) is 4.79 Å². The molecule has 22 heavy (non-hydrogen) atoms. The van der Waals surface area contributed by atoms with Crippen molar-refractivity contribution in [2.75, 3.05) is 19.6 Å². The van der Waals surface area contributed by atoms with Gasteiger partial charge in [-0.25, -0.2) is 4.79 Å². The highest BCUT2D eigenvalue weighted by molar-refractivity contribution is 5.74. The molecule has 5 nitrogen and oxygen atoms in total. The number of benzene rings is 1. The molecule has 0 spiro atoms. The summed E-state index contributed by atoms with van der Waals surface area (Å²) < 4.78 is 0. The monoisotopic (exact) mass is 296 g/mol. The predicted octanol–water partition coefficient (Wildman–Crippen LogP) is 2.22. The molecule has 1 atom stereocenters. The highest BCUT2D eigenvalue weighted by Crippen LogP contribution is 2.24. The van der Waals surface area contributed by atoms with Gasteiger partial charge in [0.2, 0.25) is 0 Å². The molecular formula is C17H20N4O. The van der Waals surface area contributed by atoms with Crippen molar-refractivity contribution in [3.05, 3.63) is 60.2 Å². The average molecular weight is 296 g/mol. The van der Waals surface area contributed by atoms with E-state index in [1.165, 1.54) is 5.56 Å². The molecule has 2 heterocycles. The van der Waals surface area contributed by atoms with Gasteiger partial charge in [-0.15, -0.1) is 0 Å². The predicted molar refractivity (Wildman–Crippen MR) is 84.5 cm³/mol. The number of nitrogens with zero attached hydrogens (tertiary/aromatic N) is 3. The molecule has 1 unspecified atom stereocenters. The maximum absolute atomic E-state index is 12.2. The lowest BCUT2D eigenvalue weighted by Crippen LogP contribution is -2.39. The van der Waals surface area contributed by atoms with Crippen LogP contribution in [-0.4, -0.2) is 40.5 Å². The van der Waals surface area contributed by atoms with Gasteiger partial charge in [-0.2, -0.15) is 0 Å². The number of nitrogens with one attached hydrogen (secondary N) is 1. The zero-order valence-electron chi connectivity index (χ0n) is 12.5. The summed E-state index contributed by atoms with van der Waals surface area (Å²) in [5, 5.41) is 3.00. The van der Waals surface area contributed by atoms with Crippen LogP contribution in [0, 0.1) is 0 Å². The molecule has 0 bridgehead atoms. The van der Waals surface area contributed by atoms with Crippen molar-refractivity contribution in [2.24, 2.45) is 0 Å². The van der Waals surface area contributed by atoms with Gasteiger partial charge in [0.25, 0.3) is 0 Å². The van der Waals surface area contributed by atoms with E-state index in [1.54, 1.807) is 18.6 Å². The first-order valence-corrected chi connectivity index (χ1v) is 7.65. The van der Waals surface area contributed by atoms with E-state index in [0.29, 0.717) is 12.5 Å². The van der Waals surface area contributed by atoms with E-state index in [2.05, 4.69) is 27.4 Å². The molecule has 2 aromatic rings. The lowest BCUT2D eigenvalue weighted by molar-refractivity contribution is 0.208. The van der Waals surface area contributed by atoms with Crippen molar-refractivity contribution in [3.63, 3.8) is 0 Å². The van der Waals surface area contributed by atoms with Gasteiger partial charge >= 0.3 is 6.03 Å². The fraction of sp³-hybridized carbons (Fsp3) is 0.353. The van der Waals surface area contributed by atoms with E-state index in [-0.39, 0.29) is 6.03 Å². The summed E-state index contributed by atoms with van der Waals surface area (Å²) in [4.78, 5) is 22.5. The summed E-state index contributed by atoms with van der Waals surface area (Å²) in [6, 6.07) is 10.2. The van der Waals surface area contributed by atoms with Gasteiger partial charge < -0.3 is 10.2 Å². The Bertz CT molecular complexity index is 603. The van der Waals surface area contributed by atoms with Crippen LogP contribution in [0.5, 0.6) is 0 Å². The normalized spacial score (nSPS) is 17.5. The molecule has 3 rings (SSSR count). The highest BCUT2D eigenvalue weighted by Gasteiger charge is 2.27. The number of carbonyl (C=O) groups is 1. The Balaban J connectivity index is 1.46. The van der Waals surface area contributed by atoms with Crippen LogP contribution in [0.25, 0.3) is 0 Å². The number of urea groups is 1. The Morgan fingerprint density at radius 1 is 1.27 bits per heavy atom. The lowest BCUT2D eigenvalue weighted by Gasteiger charge is -2.17. The fourth-order valence-corrected chi connectivity index (χ4v) is 2.78. The smallest absolute Gasteiger partial charge is 0.317 e. The summed E-state index contributed by atoms with van der Waals surface area (Å²) >= 11 is 0. The molecule has 114 valence electrons. The maximum Gasteiger partial charge on any atom is 0.317 e. The van der Waals surface area contributed by atoms with E-state index in [1.807, 2.05) is 23.1 Å². The number of amides is 2. The molecule has 5 heteroatoms. The quantitative estimate of drug-likeness (QED) is 0.941. The molecule has 1 aromatic carbocycles. The molecule has 1 N–H and O–H groups in total. The van der Waals surface area contributed by atoms with Crippen LogP contribution in [0.1, 0.15) is 23.6 Å². The standard InChI is InChI=1S/C17H20N4O/c22-17(20-8-6-14-4-2-1-3-5-14)21-11-7-15(13-21)16-12-18-9-10-19-16/h1-5,9-10,12,15H,6-8,11,13H2,(H,20,22). The number of hydrogen-bond donors (Lipinski definition) is 1.